The maximum Gasteiger partial charge on any atom is 0.256 e. The highest BCUT2D eigenvalue weighted by Crippen LogP contribution is 2.35. The van der Waals surface area contributed by atoms with Gasteiger partial charge in [-0.2, -0.15) is 5.10 Å². The predicted octanol–water partition coefficient (Wildman–Crippen LogP) is 4.89. The van der Waals surface area contributed by atoms with Crippen LogP contribution in [0.4, 0.5) is 0 Å². The Balaban J connectivity index is 1.37. The molecular weight excluding hydrogens is 480 g/mol. The fraction of sp³-hybridized carbons (Fsp3) is 0.227. The standard InChI is InChI=1S/C22H19ClN6O2S2/c1-14(33-22-24-26-27-28(22)13-17-4-3-11-32-17)21(30)29-19(20-5-2-10-31-20)12-18(25-29)15-6-8-16(23)9-7-15/h2-11,14,19H,12-13H2,1H3. The molecule has 0 bridgehead atoms. The Kier molecular flexibility index (Phi) is 6.30. The van der Waals surface area contributed by atoms with E-state index in [1.165, 1.54) is 16.8 Å². The van der Waals surface area contributed by atoms with Crippen LogP contribution in [0.5, 0.6) is 0 Å². The second-order valence-electron chi connectivity index (χ2n) is 7.43. The zero-order valence-corrected chi connectivity index (χ0v) is 19.9. The van der Waals surface area contributed by atoms with Crippen LogP contribution in [-0.4, -0.2) is 42.1 Å². The molecule has 1 aliphatic rings. The molecule has 3 aromatic heterocycles. The van der Waals surface area contributed by atoms with Crippen molar-refractivity contribution in [3.63, 3.8) is 0 Å². The number of amides is 1. The first-order valence-electron chi connectivity index (χ1n) is 10.2. The van der Waals surface area contributed by atoms with Crippen LogP contribution in [0.15, 0.2) is 74.8 Å². The van der Waals surface area contributed by atoms with E-state index in [0.29, 0.717) is 28.9 Å². The van der Waals surface area contributed by atoms with Crippen molar-refractivity contribution in [3.05, 3.63) is 81.4 Å². The highest BCUT2D eigenvalue weighted by molar-refractivity contribution is 8.00. The number of thioether (sulfide) groups is 1. The van der Waals surface area contributed by atoms with Crippen molar-refractivity contribution in [3.8, 4) is 0 Å². The number of benzene rings is 1. The number of hydrogen-bond acceptors (Lipinski definition) is 8. The Morgan fingerprint density at radius 2 is 2.12 bits per heavy atom. The lowest BCUT2D eigenvalue weighted by atomic mass is 10.0. The summed E-state index contributed by atoms with van der Waals surface area (Å²) in [4.78, 5) is 14.6. The van der Waals surface area contributed by atoms with Crippen molar-refractivity contribution in [2.75, 3.05) is 0 Å². The lowest BCUT2D eigenvalue weighted by Gasteiger charge is -2.22. The van der Waals surface area contributed by atoms with E-state index in [-0.39, 0.29) is 11.9 Å². The Hall–Kier alpha value is -2.95. The van der Waals surface area contributed by atoms with Gasteiger partial charge in [-0.25, -0.2) is 9.69 Å². The van der Waals surface area contributed by atoms with Gasteiger partial charge in [-0.15, -0.1) is 16.4 Å². The Bertz CT molecular complexity index is 1250. The molecule has 2 atom stereocenters. The van der Waals surface area contributed by atoms with E-state index in [2.05, 4.69) is 20.6 Å². The summed E-state index contributed by atoms with van der Waals surface area (Å²) >= 11 is 8.99. The minimum atomic E-state index is -0.455. The largest absolute Gasteiger partial charge is 0.467 e. The molecule has 2 unspecified atom stereocenters. The molecule has 0 aliphatic carbocycles. The van der Waals surface area contributed by atoms with E-state index < -0.39 is 5.25 Å². The number of carbonyl (C=O) groups excluding carboxylic acids is 1. The maximum atomic E-state index is 13.5. The SMILES string of the molecule is CC(Sc1nnnn1Cc1cccs1)C(=O)N1N=C(c2ccc(Cl)cc2)CC1c1ccco1. The second kappa shape index (κ2) is 9.50. The van der Waals surface area contributed by atoms with E-state index >= 15 is 0 Å². The number of carbonyl (C=O) groups is 1. The molecule has 1 aliphatic heterocycles. The molecule has 1 amide bonds. The monoisotopic (exact) mass is 498 g/mol. The highest BCUT2D eigenvalue weighted by Gasteiger charge is 2.37. The summed E-state index contributed by atoms with van der Waals surface area (Å²) < 4.78 is 7.34. The van der Waals surface area contributed by atoms with Gasteiger partial charge in [-0.05, 0) is 58.6 Å². The number of thiophene rings is 1. The summed E-state index contributed by atoms with van der Waals surface area (Å²) in [6.45, 7) is 2.40. The molecule has 11 heteroatoms. The molecule has 4 aromatic rings. The third-order valence-electron chi connectivity index (χ3n) is 5.20. The summed E-state index contributed by atoms with van der Waals surface area (Å²) in [7, 11) is 0. The summed E-state index contributed by atoms with van der Waals surface area (Å²) in [5.41, 5.74) is 1.73. The van der Waals surface area contributed by atoms with Crippen molar-refractivity contribution in [2.45, 2.75) is 36.3 Å². The molecule has 33 heavy (non-hydrogen) atoms. The minimum absolute atomic E-state index is 0.143. The van der Waals surface area contributed by atoms with Gasteiger partial charge in [0.1, 0.15) is 11.8 Å². The van der Waals surface area contributed by atoms with Crippen LogP contribution in [0.25, 0.3) is 0 Å². The first-order valence-corrected chi connectivity index (χ1v) is 12.4. The molecule has 4 heterocycles. The van der Waals surface area contributed by atoms with E-state index in [9.17, 15) is 4.79 Å². The molecule has 0 radical (unpaired) electrons. The van der Waals surface area contributed by atoms with Gasteiger partial charge in [0.15, 0.2) is 0 Å². The molecule has 5 rings (SSSR count). The molecule has 8 nitrogen and oxygen atoms in total. The number of aromatic nitrogens is 4. The van der Waals surface area contributed by atoms with Crippen molar-refractivity contribution >= 4 is 46.3 Å². The topological polar surface area (TPSA) is 89.4 Å². The molecule has 0 fully saturated rings. The molecule has 168 valence electrons. The predicted molar refractivity (Wildman–Crippen MR) is 127 cm³/mol. The van der Waals surface area contributed by atoms with E-state index in [1.807, 2.05) is 60.8 Å². The quantitative estimate of drug-likeness (QED) is 0.337. The van der Waals surface area contributed by atoms with Crippen LogP contribution in [0.1, 0.15) is 35.6 Å². The average Bonchev–Trinajstić information content (AvgIpc) is 3.61. The third-order valence-corrected chi connectivity index (χ3v) is 7.37. The third kappa shape index (κ3) is 4.73. The number of tetrazole rings is 1. The number of rotatable bonds is 7. The molecule has 0 saturated heterocycles. The molecule has 0 N–H and O–H groups in total. The van der Waals surface area contributed by atoms with Gasteiger partial charge in [0.25, 0.3) is 5.91 Å². The van der Waals surface area contributed by atoms with Crippen LogP contribution in [0.3, 0.4) is 0 Å². The fourth-order valence-corrected chi connectivity index (χ4v) is 5.20. The summed E-state index contributed by atoms with van der Waals surface area (Å²) in [6, 6.07) is 14.8. The normalized spacial score (nSPS) is 16.7. The number of nitrogens with zero attached hydrogens (tertiary/aromatic N) is 6. The Morgan fingerprint density at radius 1 is 1.27 bits per heavy atom. The van der Waals surface area contributed by atoms with E-state index in [0.717, 1.165) is 16.2 Å². The van der Waals surface area contributed by atoms with Crippen molar-refractivity contribution < 1.29 is 9.21 Å². The molecule has 1 aromatic carbocycles. The molecular formula is C22H19ClN6O2S2. The summed E-state index contributed by atoms with van der Waals surface area (Å²) in [6.07, 6.45) is 2.16. The van der Waals surface area contributed by atoms with Gasteiger partial charge in [-0.3, -0.25) is 4.79 Å². The number of hydrazone groups is 1. The Labute approximate surface area is 203 Å². The smallest absolute Gasteiger partial charge is 0.256 e. The first kappa shape index (κ1) is 21.9. The van der Waals surface area contributed by atoms with Crippen molar-refractivity contribution in [2.24, 2.45) is 5.10 Å². The molecule has 0 saturated carbocycles. The van der Waals surface area contributed by atoms with Crippen LogP contribution < -0.4 is 0 Å². The fourth-order valence-electron chi connectivity index (χ4n) is 3.56. The van der Waals surface area contributed by atoms with Crippen LogP contribution in [0.2, 0.25) is 5.02 Å². The van der Waals surface area contributed by atoms with Gasteiger partial charge in [0.2, 0.25) is 5.16 Å². The Morgan fingerprint density at radius 3 is 2.85 bits per heavy atom. The number of halogens is 1. The zero-order valence-electron chi connectivity index (χ0n) is 17.5. The van der Waals surface area contributed by atoms with E-state index in [4.69, 9.17) is 16.0 Å². The zero-order chi connectivity index (χ0) is 22.8. The minimum Gasteiger partial charge on any atom is -0.467 e. The van der Waals surface area contributed by atoms with Crippen molar-refractivity contribution in [1.82, 2.24) is 25.2 Å². The summed E-state index contributed by atoms with van der Waals surface area (Å²) in [5, 5.41) is 21.0. The maximum absolute atomic E-state index is 13.5. The molecule has 0 spiro atoms. The van der Waals surface area contributed by atoms with Gasteiger partial charge >= 0.3 is 0 Å². The van der Waals surface area contributed by atoms with Crippen LogP contribution in [0, 0.1) is 0 Å². The second-order valence-corrected chi connectivity index (χ2v) is 10.2. The average molecular weight is 499 g/mol. The highest BCUT2D eigenvalue weighted by atomic mass is 35.5. The van der Waals surface area contributed by atoms with Gasteiger partial charge in [-0.1, -0.05) is 41.6 Å². The first-order chi connectivity index (χ1) is 16.1. The number of hydrogen-bond donors (Lipinski definition) is 0. The van der Waals surface area contributed by atoms with E-state index in [1.54, 1.807) is 22.3 Å². The van der Waals surface area contributed by atoms with Crippen molar-refractivity contribution in [1.29, 1.82) is 0 Å². The van der Waals surface area contributed by atoms with Gasteiger partial charge in [0, 0.05) is 16.3 Å². The van der Waals surface area contributed by atoms with Crippen LogP contribution >= 0.6 is 34.7 Å². The van der Waals surface area contributed by atoms with Gasteiger partial charge in [0.05, 0.1) is 23.8 Å². The van der Waals surface area contributed by atoms with Gasteiger partial charge < -0.3 is 4.42 Å². The van der Waals surface area contributed by atoms with Crippen LogP contribution in [-0.2, 0) is 11.3 Å². The summed E-state index contributed by atoms with van der Waals surface area (Å²) in [5.74, 6) is 0.548. The number of furan rings is 1. The lowest BCUT2D eigenvalue weighted by molar-refractivity contribution is -0.132. The lowest BCUT2D eigenvalue weighted by Crippen LogP contribution is -2.33.